The average Bonchev–Trinajstić information content (AvgIpc) is 3.35. The Hall–Kier alpha value is -3.38. The molecule has 0 N–H and O–H groups in total. The zero-order valence-electron chi connectivity index (χ0n) is 15.5. The lowest BCUT2D eigenvalue weighted by Gasteiger charge is -2.00. The van der Waals surface area contributed by atoms with Gasteiger partial charge in [0.05, 0.1) is 27.3 Å². The van der Waals surface area contributed by atoms with Gasteiger partial charge in [0.25, 0.3) is 0 Å². The van der Waals surface area contributed by atoms with Crippen molar-refractivity contribution in [2.24, 2.45) is 0 Å². The lowest BCUT2D eigenvalue weighted by Crippen LogP contribution is -1.94. The van der Waals surface area contributed by atoms with Crippen LogP contribution in [0.5, 0.6) is 0 Å². The van der Waals surface area contributed by atoms with Crippen LogP contribution in [0.3, 0.4) is 0 Å². The largest absolute Gasteiger partial charge is 0.241 e. The van der Waals surface area contributed by atoms with Gasteiger partial charge in [0.15, 0.2) is 0 Å². The van der Waals surface area contributed by atoms with E-state index in [9.17, 15) is 0 Å². The maximum Gasteiger partial charge on any atom is 0.124 e. The van der Waals surface area contributed by atoms with Crippen LogP contribution >= 0.6 is 11.3 Å². The molecule has 0 fully saturated rings. The quantitative estimate of drug-likeness (QED) is 0.428. The molecule has 0 aliphatic heterocycles. The van der Waals surface area contributed by atoms with Crippen molar-refractivity contribution >= 4 is 22.2 Å². The van der Waals surface area contributed by atoms with Crippen molar-refractivity contribution < 1.29 is 0 Å². The predicted octanol–water partition coefficient (Wildman–Crippen LogP) is 5.22. The first-order valence-corrected chi connectivity index (χ1v) is 9.83. The molecule has 2 aromatic carbocycles. The summed E-state index contributed by atoms with van der Waals surface area (Å²) in [5, 5.41) is 15.6. The molecule has 0 saturated carbocycles. The lowest BCUT2D eigenvalue weighted by atomic mass is 10.2. The Balaban J connectivity index is 1.69. The molecule has 0 amide bonds. The van der Waals surface area contributed by atoms with E-state index in [1.807, 2.05) is 73.3 Å². The lowest BCUT2D eigenvalue weighted by molar-refractivity contribution is 0.891. The molecule has 3 aromatic heterocycles. The van der Waals surface area contributed by atoms with Gasteiger partial charge in [0, 0.05) is 11.8 Å². The van der Waals surface area contributed by atoms with Crippen LogP contribution in [-0.2, 0) is 0 Å². The van der Waals surface area contributed by atoms with Gasteiger partial charge in [0.2, 0.25) is 0 Å². The first-order valence-electron chi connectivity index (χ1n) is 9.02. The van der Waals surface area contributed by atoms with E-state index in [0.29, 0.717) is 0 Å². The topological polar surface area (TPSA) is 56.5 Å². The Labute approximate surface area is 166 Å². The van der Waals surface area contributed by atoms with Crippen LogP contribution in [0, 0.1) is 13.8 Å². The second-order valence-corrected chi connectivity index (χ2v) is 7.60. The summed E-state index contributed by atoms with van der Waals surface area (Å²) in [4.78, 5) is 5.81. The third-order valence-corrected chi connectivity index (χ3v) is 5.88. The molecule has 5 nitrogen and oxygen atoms in total. The number of hydrogen-bond acceptors (Lipinski definition) is 5. The predicted molar refractivity (Wildman–Crippen MR) is 113 cm³/mol. The second kappa shape index (κ2) is 6.65. The highest BCUT2D eigenvalue weighted by atomic mass is 32.1. The fraction of sp³-hybridized carbons (Fsp3) is 0.0909. The SMILES string of the molecule is Cc1nc(-c2ccccc2)sc1-c1nnc(C)c2nn(-c3ccccc3)cc12. The number of rotatable bonds is 3. The molecule has 0 radical (unpaired) electrons. The van der Waals surface area contributed by atoms with E-state index in [-0.39, 0.29) is 0 Å². The molecule has 28 heavy (non-hydrogen) atoms. The van der Waals surface area contributed by atoms with Crippen LogP contribution in [-0.4, -0.2) is 25.0 Å². The first-order chi connectivity index (χ1) is 13.7. The third-order valence-electron chi connectivity index (χ3n) is 4.67. The van der Waals surface area contributed by atoms with E-state index in [1.165, 1.54) is 0 Å². The molecule has 0 atom stereocenters. The van der Waals surface area contributed by atoms with Crippen molar-refractivity contribution in [2.45, 2.75) is 13.8 Å². The molecule has 0 aliphatic rings. The Kier molecular flexibility index (Phi) is 3.98. The maximum absolute atomic E-state index is 4.77. The Morgan fingerprint density at radius 3 is 2.29 bits per heavy atom. The molecule has 0 bridgehead atoms. The van der Waals surface area contributed by atoms with Gasteiger partial charge in [-0.05, 0) is 26.0 Å². The summed E-state index contributed by atoms with van der Waals surface area (Å²) in [5.41, 5.74) is 5.59. The molecule has 3 heterocycles. The molecule has 0 unspecified atom stereocenters. The summed E-state index contributed by atoms with van der Waals surface area (Å²) in [7, 11) is 0. The van der Waals surface area contributed by atoms with Crippen molar-refractivity contribution in [1.29, 1.82) is 0 Å². The monoisotopic (exact) mass is 383 g/mol. The van der Waals surface area contributed by atoms with E-state index >= 15 is 0 Å². The molecule has 5 rings (SSSR count). The van der Waals surface area contributed by atoms with Gasteiger partial charge in [-0.15, -0.1) is 16.4 Å². The summed E-state index contributed by atoms with van der Waals surface area (Å²) in [5.74, 6) is 0. The number of hydrogen-bond donors (Lipinski definition) is 0. The molecular weight excluding hydrogens is 366 g/mol. The minimum atomic E-state index is 0.818. The van der Waals surface area contributed by atoms with Crippen molar-refractivity contribution in [3.8, 4) is 26.8 Å². The molecular formula is C22H17N5S. The normalized spacial score (nSPS) is 11.2. The number of para-hydroxylation sites is 1. The number of aryl methyl sites for hydroxylation is 2. The number of thiazole rings is 1. The highest BCUT2D eigenvalue weighted by Gasteiger charge is 2.19. The van der Waals surface area contributed by atoms with Gasteiger partial charge >= 0.3 is 0 Å². The van der Waals surface area contributed by atoms with Crippen LogP contribution in [0.4, 0.5) is 0 Å². The number of benzene rings is 2. The van der Waals surface area contributed by atoms with E-state index in [4.69, 9.17) is 10.1 Å². The first kappa shape index (κ1) is 16.8. The summed E-state index contributed by atoms with van der Waals surface area (Å²) in [6.07, 6.45) is 2.03. The molecule has 6 heteroatoms. The molecule has 0 aliphatic carbocycles. The van der Waals surface area contributed by atoms with Crippen LogP contribution in [0.25, 0.3) is 37.7 Å². The minimum Gasteiger partial charge on any atom is -0.241 e. The van der Waals surface area contributed by atoms with Gasteiger partial charge < -0.3 is 0 Å². The van der Waals surface area contributed by atoms with Crippen molar-refractivity contribution in [2.75, 3.05) is 0 Å². The zero-order chi connectivity index (χ0) is 19.1. The summed E-state index contributed by atoms with van der Waals surface area (Å²) < 4.78 is 1.89. The van der Waals surface area contributed by atoms with Gasteiger partial charge in [-0.1, -0.05) is 48.5 Å². The van der Waals surface area contributed by atoms with Gasteiger partial charge in [0.1, 0.15) is 16.2 Å². The van der Waals surface area contributed by atoms with E-state index in [1.54, 1.807) is 11.3 Å². The fourth-order valence-electron chi connectivity index (χ4n) is 3.24. The third kappa shape index (κ3) is 2.78. The van der Waals surface area contributed by atoms with E-state index in [2.05, 4.69) is 22.3 Å². The van der Waals surface area contributed by atoms with Gasteiger partial charge in [-0.3, -0.25) is 0 Å². The second-order valence-electron chi connectivity index (χ2n) is 6.61. The highest BCUT2D eigenvalue weighted by molar-refractivity contribution is 7.18. The van der Waals surface area contributed by atoms with Crippen molar-refractivity contribution in [3.63, 3.8) is 0 Å². The van der Waals surface area contributed by atoms with Crippen LogP contribution in [0.15, 0.2) is 66.9 Å². The van der Waals surface area contributed by atoms with Crippen LogP contribution < -0.4 is 0 Å². The number of nitrogens with zero attached hydrogens (tertiary/aromatic N) is 5. The highest BCUT2D eigenvalue weighted by Crippen LogP contribution is 2.37. The van der Waals surface area contributed by atoms with Crippen LogP contribution in [0.1, 0.15) is 11.4 Å². The Bertz CT molecular complexity index is 1270. The van der Waals surface area contributed by atoms with Crippen molar-refractivity contribution in [1.82, 2.24) is 25.0 Å². The molecule has 0 saturated heterocycles. The number of aromatic nitrogens is 5. The van der Waals surface area contributed by atoms with Crippen molar-refractivity contribution in [3.05, 3.63) is 78.2 Å². The standard InChI is InChI=1S/C22H17N5S/c1-14-19-18(13-27(26-19)17-11-7-4-8-12-17)20(25-24-14)21-15(2)23-22(28-21)16-9-5-3-6-10-16/h3-13H,1-2H3. The summed E-state index contributed by atoms with van der Waals surface area (Å²) >= 11 is 1.64. The molecule has 5 aromatic rings. The Morgan fingerprint density at radius 2 is 1.54 bits per heavy atom. The van der Waals surface area contributed by atoms with Gasteiger partial charge in [-0.25, -0.2) is 9.67 Å². The van der Waals surface area contributed by atoms with Gasteiger partial charge in [-0.2, -0.15) is 10.2 Å². The molecule has 0 spiro atoms. The Morgan fingerprint density at radius 1 is 0.821 bits per heavy atom. The molecule has 136 valence electrons. The minimum absolute atomic E-state index is 0.818. The van der Waals surface area contributed by atoms with Crippen LogP contribution in [0.2, 0.25) is 0 Å². The summed E-state index contributed by atoms with van der Waals surface area (Å²) in [6.45, 7) is 3.96. The van der Waals surface area contributed by atoms with E-state index < -0.39 is 0 Å². The van der Waals surface area contributed by atoms with E-state index in [0.717, 1.165) is 49.1 Å². The fourth-order valence-corrected chi connectivity index (χ4v) is 4.31. The smallest absolute Gasteiger partial charge is 0.124 e. The summed E-state index contributed by atoms with van der Waals surface area (Å²) in [6, 6.07) is 20.3. The zero-order valence-corrected chi connectivity index (χ0v) is 16.3. The maximum atomic E-state index is 4.77. The number of fused-ring (bicyclic) bond motifs is 1. The average molecular weight is 383 g/mol.